The molecule has 0 aliphatic rings. The van der Waals surface area contributed by atoms with Gasteiger partial charge < -0.3 is 8.83 Å². The number of hydrogen-bond acceptors (Lipinski definition) is 5. The molecular formula is C21H19N3O2. The molecular weight excluding hydrogens is 326 g/mol. The van der Waals surface area contributed by atoms with Crippen molar-refractivity contribution in [2.75, 3.05) is 7.05 Å². The average Bonchev–Trinajstić information content (AvgIpc) is 3.33. The molecule has 0 amide bonds. The molecule has 0 aliphatic heterocycles. The van der Waals surface area contributed by atoms with Gasteiger partial charge in [0.05, 0.1) is 11.4 Å². The minimum absolute atomic E-state index is 0.641. The van der Waals surface area contributed by atoms with E-state index in [4.69, 9.17) is 8.83 Å². The fraction of sp³-hybridized carbons (Fsp3) is 0.143. The Hall–Kier alpha value is -3.18. The van der Waals surface area contributed by atoms with E-state index in [1.54, 1.807) is 12.5 Å². The summed E-state index contributed by atoms with van der Waals surface area (Å²) in [7, 11) is 2.02. The van der Waals surface area contributed by atoms with Gasteiger partial charge in [-0.3, -0.25) is 4.90 Å². The molecule has 5 nitrogen and oxygen atoms in total. The molecule has 26 heavy (non-hydrogen) atoms. The number of nitrogens with zero attached hydrogens (tertiary/aromatic N) is 3. The standard InChI is InChI=1S/C21H19N3O2/c1-24(12-18-14-25-20(22-18)16-8-4-2-5-9-16)13-19-15-26-21(23-19)17-10-6-3-7-11-17/h2-11,14-15H,12-13H2,1H3. The van der Waals surface area contributed by atoms with Crippen molar-refractivity contribution in [3.8, 4) is 22.9 Å². The lowest BCUT2D eigenvalue weighted by atomic mass is 10.2. The van der Waals surface area contributed by atoms with Crippen LogP contribution in [0.1, 0.15) is 11.4 Å². The molecule has 0 aliphatic carbocycles. The molecule has 2 aromatic carbocycles. The van der Waals surface area contributed by atoms with Crippen molar-refractivity contribution >= 4 is 0 Å². The normalized spacial score (nSPS) is 11.2. The van der Waals surface area contributed by atoms with Crippen LogP contribution >= 0.6 is 0 Å². The van der Waals surface area contributed by atoms with Gasteiger partial charge in [0.2, 0.25) is 11.8 Å². The van der Waals surface area contributed by atoms with E-state index in [9.17, 15) is 0 Å². The van der Waals surface area contributed by atoms with Crippen molar-refractivity contribution in [3.05, 3.63) is 84.6 Å². The maximum absolute atomic E-state index is 5.59. The fourth-order valence-electron chi connectivity index (χ4n) is 2.79. The number of oxazole rings is 2. The van der Waals surface area contributed by atoms with Gasteiger partial charge in [0.1, 0.15) is 12.5 Å². The van der Waals surface area contributed by atoms with E-state index in [-0.39, 0.29) is 0 Å². The zero-order chi connectivity index (χ0) is 17.8. The van der Waals surface area contributed by atoms with Gasteiger partial charge >= 0.3 is 0 Å². The van der Waals surface area contributed by atoms with E-state index in [0.717, 1.165) is 22.5 Å². The number of rotatable bonds is 6. The van der Waals surface area contributed by atoms with Gasteiger partial charge in [0.25, 0.3) is 0 Å². The van der Waals surface area contributed by atoms with Gasteiger partial charge in [-0.1, -0.05) is 36.4 Å². The van der Waals surface area contributed by atoms with Gasteiger partial charge in [0, 0.05) is 24.2 Å². The van der Waals surface area contributed by atoms with Crippen LogP contribution in [0.3, 0.4) is 0 Å². The molecule has 2 aromatic heterocycles. The lowest BCUT2D eigenvalue weighted by Gasteiger charge is -2.12. The molecule has 4 aromatic rings. The highest BCUT2D eigenvalue weighted by molar-refractivity contribution is 5.53. The minimum Gasteiger partial charge on any atom is -0.444 e. The average molecular weight is 345 g/mol. The smallest absolute Gasteiger partial charge is 0.226 e. The topological polar surface area (TPSA) is 55.3 Å². The van der Waals surface area contributed by atoms with Gasteiger partial charge in [-0.2, -0.15) is 0 Å². The van der Waals surface area contributed by atoms with Crippen molar-refractivity contribution in [1.82, 2.24) is 14.9 Å². The molecule has 0 N–H and O–H groups in total. The largest absolute Gasteiger partial charge is 0.444 e. The van der Waals surface area contributed by atoms with Crippen molar-refractivity contribution < 1.29 is 8.83 Å². The highest BCUT2D eigenvalue weighted by Crippen LogP contribution is 2.20. The van der Waals surface area contributed by atoms with E-state index in [1.165, 1.54) is 0 Å². The van der Waals surface area contributed by atoms with Crippen LogP contribution in [0, 0.1) is 0 Å². The zero-order valence-electron chi connectivity index (χ0n) is 14.5. The van der Waals surface area contributed by atoms with Crippen molar-refractivity contribution in [2.24, 2.45) is 0 Å². The SMILES string of the molecule is CN(Cc1coc(-c2ccccc2)n1)Cc1coc(-c2ccccc2)n1. The second kappa shape index (κ2) is 7.37. The van der Waals surface area contributed by atoms with E-state index >= 15 is 0 Å². The first-order valence-corrected chi connectivity index (χ1v) is 8.46. The Morgan fingerprint density at radius 2 is 1.12 bits per heavy atom. The van der Waals surface area contributed by atoms with Crippen LogP contribution < -0.4 is 0 Å². The summed E-state index contributed by atoms with van der Waals surface area (Å²) in [4.78, 5) is 11.2. The van der Waals surface area contributed by atoms with Crippen LogP contribution in [0.25, 0.3) is 22.9 Å². The second-order valence-electron chi connectivity index (χ2n) is 6.19. The molecule has 5 heteroatoms. The van der Waals surface area contributed by atoms with Crippen LogP contribution in [0.15, 0.2) is 82.0 Å². The molecule has 0 fully saturated rings. The molecule has 0 bridgehead atoms. The Kier molecular flexibility index (Phi) is 4.62. The van der Waals surface area contributed by atoms with Crippen molar-refractivity contribution in [1.29, 1.82) is 0 Å². The summed E-state index contributed by atoms with van der Waals surface area (Å²) in [5.74, 6) is 1.28. The van der Waals surface area contributed by atoms with Crippen molar-refractivity contribution in [3.63, 3.8) is 0 Å². The Morgan fingerprint density at radius 3 is 1.54 bits per heavy atom. The van der Waals surface area contributed by atoms with Gasteiger partial charge in [0.15, 0.2) is 0 Å². The number of aromatic nitrogens is 2. The third kappa shape index (κ3) is 3.73. The summed E-state index contributed by atoms with van der Waals surface area (Å²) in [5, 5.41) is 0. The summed E-state index contributed by atoms with van der Waals surface area (Å²) >= 11 is 0. The van der Waals surface area contributed by atoms with Crippen LogP contribution in [-0.4, -0.2) is 21.9 Å². The zero-order valence-corrected chi connectivity index (χ0v) is 14.5. The highest BCUT2D eigenvalue weighted by Gasteiger charge is 2.11. The monoisotopic (exact) mass is 345 g/mol. The number of benzene rings is 2. The summed E-state index contributed by atoms with van der Waals surface area (Å²) < 4.78 is 11.2. The van der Waals surface area contributed by atoms with Gasteiger partial charge in [-0.15, -0.1) is 0 Å². The van der Waals surface area contributed by atoms with E-state index in [0.29, 0.717) is 24.9 Å². The molecule has 0 saturated carbocycles. The first-order chi connectivity index (χ1) is 12.8. The Labute approximate surface area is 151 Å². The van der Waals surface area contributed by atoms with Crippen LogP contribution in [0.4, 0.5) is 0 Å². The minimum atomic E-state index is 0.641. The van der Waals surface area contributed by atoms with E-state index in [1.807, 2.05) is 67.7 Å². The second-order valence-corrected chi connectivity index (χ2v) is 6.19. The molecule has 0 atom stereocenters. The molecule has 2 heterocycles. The lowest BCUT2D eigenvalue weighted by molar-refractivity contribution is 0.310. The Morgan fingerprint density at radius 1 is 0.692 bits per heavy atom. The summed E-state index contributed by atoms with van der Waals surface area (Å²) in [6.45, 7) is 1.34. The summed E-state index contributed by atoms with van der Waals surface area (Å²) in [5.41, 5.74) is 3.73. The first kappa shape index (κ1) is 16.3. The van der Waals surface area contributed by atoms with E-state index in [2.05, 4.69) is 14.9 Å². The highest BCUT2D eigenvalue weighted by atomic mass is 16.3. The summed E-state index contributed by atoms with van der Waals surface area (Å²) in [6, 6.07) is 19.8. The van der Waals surface area contributed by atoms with Crippen LogP contribution in [-0.2, 0) is 13.1 Å². The molecule has 0 saturated heterocycles. The fourth-order valence-corrected chi connectivity index (χ4v) is 2.79. The van der Waals surface area contributed by atoms with E-state index < -0.39 is 0 Å². The lowest BCUT2D eigenvalue weighted by Crippen LogP contribution is -2.17. The van der Waals surface area contributed by atoms with Crippen LogP contribution in [0.5, 0.6) is 0 Å². The number of hydrogen-bond donors (Lipinski definition) is 0. The molecule has 0 unspecified atom stereocenters. The third-order valence-electron chi connectivity index (χ3n) is 4.01. The quantitative estimate of drug-likeness (QED) is 0.510. The predicted octanol–water partition coefficient (Wildman–Crippen LogP) is 4.63. The van der Waals surface area contributed by atoms with Crippen molar-refractivity contribution in [2.45, 2.75) is 13.1 Å². The molecule has 0 spiro atoms. The van der Waals surface area contributed by atoms with Crippen LogP contribution in [0.2, 0.25) is 0 Å². The molecule has 130 valence electrons. The predicted molar refractivity (Wildman–Crippen MR) is 99.0 cm³/mol. The summed E-state index contributed by atoms with van der Waals surface area (Å²) in [6.07, 6.45) is 3.41. The molecule has 4 rings (SSSR count). The maximum atomic E-state index is 5.59. The molecule has 0 radical (unpaired) electrons. The van der Waals surface area contributed by atoms with Gasteiger partial charge in [-0.25, -0.2) is 9.97 Å². The Balaban J connectivity index is 1.40. The maximum Gasteiger partial charge on any atom is 0.226 e. The Bertz CT molecular complexity index is 881. The van der Waals surface area contributed by atoms with Gasteiger partial charge in [-0.05, 0) is 31.3 Å². The first-order valence-electron chi connectivity index (χ1n) is 8.46. The third-order valence-corrected chi connectivity index (χ3v) is 4.01.